The van der Waals surface area contributed by atoms with Crippen LogP contribution in [-0.4, -0.2) is 25.0 Å². The van der Waals surface area contributed by atoms with Crippen molar-refractivity contribution in [1.82, 2.24) is 10.6 Å². The predicted molar refractivity (Wildman–Crippen MR) is 83.6 cm³/mol. The summed E-state index contributed by atoms with van der Waals surface area (Å²) in [6, 6.07) is 4.72. The summed E-state index contributed by atoms with van der Waals surface area (Å²) in [4.78, 5) is 23.4. The Morgan fingerprint density at radius 3 is 2.74 bits per heavy atom. The molecule has 3 rings (SSSR count). The van der Waals surface area contributed by atoms with Crippen molar-refractivity contribution in [2.24, 2.45) is 0 Å². The normalized spacial score (nSPS) is 17.4. The number of rotatable bonds is 6. The molecule has 0 atom stereocenters. The molecule has 1 saturated carbocycles. The minimum Gasteiger partial charge on any atom is -0.493 e. The summed E-state index contributed by atoms with van der Waals surface area (Å²) in [5.41, 5.74) is 1.04. The van der Waals surface area contributed by atoms with Gasteiger partial charge in [-0.3, -0.25) is 4.79 Å². The molecule has 1 aromatic rings. The van der Waals surface area contributed by atoms with E-state index in [0.717, 1.165) is 12.8 Å². The van der Waals surface area contributed by atoms with Crippen molar-refractivity contribution < 1.29 is 19.1 Å². The predicted octanol–water partition coefficient (Wildman–Crippen LogP) is 2.76. The van der Waals surface area contributed by atoms with Crippen LogP contribution in [0.25, 0.3) is 0 Å². The average molecular weight is 315 g/mol. The maximum atomic E-state index is 12.4. The molecule has 0 spiro atoms. The van der Waals surface area contributed by atoms with Crippen molar-refractivity contribution in [1.29, 1.82) is 0 Å². The van der Waals surface area contributed by atoms with Crippen molar-refractivity contribution in [2.75, 3.05) is 7.11 Å². The number of nitrogens with zero attached hydrogens (tertiary/aromatic N) is 1. The first kappa shape index (κ1) is 15.4. The van der Waals surface area contributed by atoms with Crippen LogP contribution in [-0.2, 0) is 0 Å². The van der Waals surface area contributed by atoms with E-state index >= 15 is 0 Å². The fourth-order valence-corrected chi connectivity index (χ4v) is 2.83. The molecule has 0 unspecified atom stereocenters. The maximum Gasteiger partial charge on any atom is 0.345 e. The Morgan fingerprint density at radius 2 is 2.09 bits per heavy atom. The van der Waals surface area contributed by atoms with Crippen LogP contribution < -0.4 is 20.1 Å². The van der Waals surface area contributed by atoms with Gasteiger partial charge in [0.15, 0.2) is 17.3 Å². The highest BCUT2D eigenvalue weighted by molar-refractivity contribution is 5.99. The topological polar surface area (TPSA) is 78.7 Å². The zero-order valence-electron chi connectivity index (χ0n) is 13.0. The summed E-state index contributed by atoms with van der Waals surface area (Å²) in [7, 11) is 1.58. The van der Waals surface area contributed by atoms with E-state index in [-0.39, 0.29) is 18.3 Å². The Kier molecular flexibility index (Phi) is 4.50. The van der Waals surface area contributed by atoms with Crippen LogP contribution in [0.2, 0.25) is 0 Å². The molecule has 0 aromatic heterocycles. The molecule has 6 nitrogen and oxygen atoms in total. The molecule has 1 N–H and O–H groups in total. The van der Waals surface area contributed by atoms with E-state index in [2.05, 4.69) is 10.6 Å². The summed E-state index contributed by atoms with van der Waals surface area (Å²) in [6.07, 6.45) is 6.07. The molecule has 121 valence electrons. The third-order valence-electron chi connectivity index (χ3n) is 4.04. The van der Waals surface area contributed by atoms with Gasteiger partial charge in [-0.2, -0.15) is 5.32 Å². The quantitative estimate of drug-likeness (QED) is 0.819. The average Bonchev–Trinajstić information content (AvgIpc) is 3.19. The minimum atomic E-state index is -0.437. The van der Waals surface area contributed by atoms with Crippen molar-refractivity contribution in [3.63, 3.8) is 0 Å². The number of urea groups is 1. The molecule has 1 radical (unpaired) electrons. The van der Waals surface area contributed by atoms with Gasteiger partial charge in [-0.05, 0) is 43.9 Å². The molecule has 2 aliphatic rings. The van der Waals surface area contributed by atoms with E-state index in [1.165, 1.54) is 19.0 Å². The summed E-state index contributed by atoms with van der Waals surface area (Å²) in [5, 5.41) is 6.10. The van der Waals surface area contributed by atoms with Gasteiger partial charge in [0, 0.05) is 11.3 Å². The number of carbonyl (C=O) groups excluding carboxylic acids is 2. The highest BCUT2D eigenvalue weighted by Crippen LogP contribution is 2.32. The molecular weight excluding hydrogens is 296 g/mol. The second-order valence-corrected chi connectivity index (χ2v) is 5.70. The first-order valence-corrected chi connectivity index (χ1v) is 7.74. The van der Waals surface area contributed by atoms with Gasteiger partial charge in [0.2, 0.25) is 0 Å². The van der Waals surface area contributed by atoms with Crippen LogP contribution in [0.5, 0.6) is 11.5 Å². The Morgan fingerprint density at radius 1 is 1.30 bits per heavy atom. The fraction of sp³-hybridized carbons (Fsp3) is 0.412. The SMILES string of the molecule is COc1ccc(C(=O)CC2=C[N]C(=O)N2)cc1OC1CCCC1. The number of carbonyl (C=O) groups is 2. The van der Waals surface area contributed by atoms with Crippen LogP contribution in [0.1, 0.15) is 42.5 Å². The highest BCUT2D eigenvalue weighted by Gasteiger charge is 2.21. The second kappa shape index (κ2) is 6.73. The number of methoxy groups -OCH3 is 1. The van der Waals surface area contributed by atoms with E-state index in [1.54, 1.807) is 25.3 Å². The lowest BCUT2D eigenvalue weighted by Crippen LogP contribution is -2.20. The van der Waals surface area contributed by atoms with Crippen LogP contribution in [0, 0.1) is 0 Å². The van der Waals surface area contributed by atoms with Crippen LogP contribution in [0.3, 0.4) is 0 Å². The number of nitrogens with one attached hydrogen (secondary N) is 1. The third-order valence-corrected chi connectivity index (χ3v) is 4.04. The molecule has 6 heteroatoms. The van der Waals surface area contributed by atoms with Crippen molar-refractivity contribution in [3.05, 3.63) is 35.7 Å². The Hall–Kier alpha value is -2.50. The standard InChI is InChI=1S/C17H19N2O4/c1-22-15-7-6-11(8-16(15)23-13-4-2-3-5-13)14(20)9-12-10-18-17(21)19-12/h6-8,10,13H,2-5,9H2,1H3,(H,19,21). The monoisotopic (exact) mass is 315 g/mol. The number of allylic oxidation sites excluding steroid dienone is 1. The Labute approximate surface area is 134 Å². The molecule has 1 aliphatic heterocycles. The molecule has 23 heavy (non-hydrogen) atoms. The van der Waals surface area contributed by atoms with Gasteiger partial charge in [0.05, 0.1) is 25.8 Å². The van der Waals surface area contributed by atoms with Crippen molar-refractivity contribution in [3.8, 4) is 11.5 Å². The lowest BCUT2D eigenvalue weighted by molar-refractivity contribution is 0.0991. The van der Waals surface area contributed by atoms with Crippen LogP contribution in [0.4, 0.5) is 4.79 Å². The van der Waals surface area contributed by atoms with E-state index in [1.807, 2.05) is 0 Å². The summed E-state index contributed by atoms with van der Waals surface area (Å²) < 4.78 is 11.3. The largest absolute Gasteiger partial charge is 0.493 e. The van der Waals surface area contributed by atoms with Gasteiger partial charge in [0.25, 0.3) is 0 Å². The molecule has 0 saturated heterocycles. The first-order chi connectivity index (χ1) is 11.2. The minimum absolute atomic E-state index is 0.102. The number of hydrogen-bond acceptors (Lipinski definition) is 4. The van der Waals surface area contributed by atoms with E-state index < -0.39 is 6.03 Å². The van der Waals surface area contributed by atoms with E-state index in [9.17, 15) is 9.59 Å². The summed E-state index contributed by atoms with van der Waals surface area (Å²) in [5.74, 6) is 1.11. The zero-order chi connectivity index (χ0) is 16.2. The third kappa shape index (κ3) is 3.64. The number of ketones is 1. The van der Waals surface area contributed by atoms with Crippen LogP contribution in [0.15, 0.2) is 30.1 Å². The highest BCUT2D eigenvalue weighted by atomic mass is 16.5. The molecule has 1 heterocycles. The number of amides is 2. The first-order valence-electron chi connectivity index (χ1n) is 7.74. The van der Waals surface area contributed by atoms with Gasteiger partial charge in [-0.1, -0.05) is 0 Å². The molecule has 0 bridgehead atoms. The summed E-state index contributed by atoms with van der Waals surface area (Å²) >= 11 is 0. The fourth-order valence-electron chi connectivity index (χ4n) is 2.83. The smallest absolute Gasteiger partial charge is 0.345 e. The second-order valence-electron chi connectivity index (χ2n) is 5.70. The maximum absolute atomic E-state index is 12.4. The van der Waals surface area contributed by atoms with Gasteiger partial charge < -0.3 is 14.8 Å². The van der Waals surface area contributed by atoms with Crippen molar-refractivity contribution in [2.45, 2.75) is 38.2 Å². The van der Waals surface area contributed by atoms with E-state index in [4.69, 9.17) is 9.47 Å². The van der Waals surface area contributed by atoms with Gasteiger partial charge in [-0.15, -0.1) is 0 Å². The van der Waals surface area contributed by atoms with Gasteiger partial charge >= 0.3 is 6.03 Å². The van der Waals surface area contributed by atoms with Crippen LogP contribution >= 0.6 is 0 Å². The lowest BCUT2D eigenvalue weighted by atomic mass is 10.1. The molecule has 1 fully saturated rings. The number of hydrogen-bond donors (Lipinski definition) is 1. The number of ether oxygens (including phenoxy) is 2. The number of benzene rings is 1. The molecular formula is C17H19N2O4. The lowest BCUT2D eigenvalue weighted by Gasteiger charge is -2.16. The molecule has 1 aromatic carbocycles. The Balaban J connectivity index is 1.73. The number of Topliss-reactive ketones (excluding diaryl/α,β-unsaturated/α-hetero) is 1. The Bertz CT molecular complexity index is 648. The van der Waals surface area contributed by atoms with Gasteiger partial charge in [0.1, 0.15) is 0 Å². The van der Waals surface area contributed by atoms with Crippen molar-refractivity contribution >= 4 is 11.8 Å². The zero-order valence-corrected chi connectivity index (χ0v) is 13.0. The summed E-state index contributed by atoms with van der Waals surface area (Å²) in [6.45, 7) is 0. The van der Waals surface area contributed by atoms with Gasteiger partial charge in [-0.25, -0.2) is 4.79 Å². The molecule has 2 amide bonds. The van der Waals surface area contributed by atoms with E-state index in [0.29, 0.717) is 22.8 Å². The molecule has 1 aliphatic carbocycles.